The molecule has 0 aliphatic rings. The van der Waals surface area contributed by atoms with Crippen LogP contribution in [0.4, 0.5) is 5.69 Å². The zero-order chi connectivity index (χ0) is 10.8. The molecule has 0 aliphatic heterocycles. The molecule has 2 aromatic rings. The summed E-state index contributed by atoms with van der Waals surface area (Å²) in [6.07, 6.45) is 1.87. The highest BCUT2D eigenvalue weighted by Crippen LogP contribution is 2.15. The second kappa shape index (κ2) is 3.61. The number of carbonyl (C=O) groups is 1. The number of aliphatic carboxylic acids is 1. The lowest BCUT2D eigenvalue weighted by atomic mass is 10.2. The highest BCUT2D eigenvalue weighted by Gasteiger charge is 2.02. The Morgan fingerprint density at radius 1 is 1.53 bits per heavy atom. The third-order valence-corrected chi connectivity index (χ3v) is 2.13. The fourth-order valence-corrected chi connectivity index (χ4v) is 1.42. The molecule has 15 heavy (non-hydrogen) atoms. The quantitative estimate of drug-likeness (QED) is 0.735. The van der Waals surface area contributed by atoms with E-state index in [1.807, 2.05) is 12.1 Å². The number of fused-ring (bicyclic) bond motifs is 1. The molecule has 0 aliphatic carbocycles. The number of aromatic nitrogens is 2. The first kappa shape index (κ1) is 9.51. The van der Waals surface area contributed by atoms with Gasteiger partial charge in [0, 0.05) is 17.3 Å². The molecule has 0 atom stereocenters. The van der Waals surface area contributed by atoms with Gasteiger partial charge in [-0.2, -0.15) is 5.10 Å². The van der Waals surface area contributed by atoms with E-state index >= 15 is 0 Å². The Hall–Kier alpha value is -2.04. The first-order valence-corrected chi connectivity index (χ1v) is 4.59. The lowest BCUT2D eigenvalue weighted by Gasteiger charge is -1.95. The van der Waals surface area contributed by atoms with Crippen molar-refractivity contribution in [2.75, 3.05) is 5.73 Å². The molecule has 5 heteroatoms. The van der Waals surface area contributed by atoms with Crippen LogP contribution in [-0.4, -0.2) is 20.9 Å². The molecule has 1 aromatic heterocycles. The lowest BCUT2D eigenvalue weighted by Crippen LogP contribution is -2.04. The minimum Gasteiger partial charge on any atom is -0.481 e. The van der Waals surface area contributed by atoms with E-state index in [4.69, 9.17) is 10.8 Å². The number of benzene rings is 1. The fraction of sp³-hybridized carbons (Fsp3) is 0.200. The van der Waals surface area contributed by atoms with Crippen LogP contribution in [0.15, 0.2) is 24.4 Å². The number of anilines is 1. The number of nitrogens with zero attached hydrogens (tertiary/aromatic N) is 2. The molecular formula is C10H11N3O2. The molecule has 0 radical (unpaired) electrons. The Bertz CT molecular complexity index is 504. The van der Waals surface area contributed by atoms with Crippen LogP contribution >= 0.6 is 0 Å². The van der Waals surface area contributed by atoms with Gasteiger partial charge >= 0.3 is 5.97 Å². The van der Waals surface area contributed by atoms with Crippen LogP contribution in [0.3, 0.4) is 0 Å². The molecule has 0 unspecified atom stereocenters. The van der Waals surface area contributed by atoms with Crippen molar-refractivity contribution in [3.63, 3.8) is 0 Å². The summed E-state index contributed by atoms with van der Waals surface area (Å²) in [6, 6.07) is 5.42. The van der Waals surface area contributed by atoms with E-state index in [1.54, 1.807) is 16.9 Å². The maximum Gasteiger partial charge on any atom is 0.305 e. The van der Waals surface area contributed by atoms with E-state index < -0.39 is 5.97 Å². The zero-order valence-electron chi connectivity index (χ0n) is 8.05. The van der Waals surface area contributed by atoms with Crippen molar-refractivity contribution in [1.82, 2.24) is 9.78 Å². The van der Waals surface area contributed by atoms with Gasteiger partial charge in [-0.05, 0) is 18.2 Å². The first-order valence-electron chi connectivity index (χ1n) is 4.59. The molecule has 2 rings (SSSR count). The first-order chi connectivity index (χ1) is 7.15. The molecule has 0 saturated heterocycles. The molecule has 3 N–H and O–H groups in total. The van der Waals surface area contributed by atoms with E-state index in [0.29, 0.717) is 12.2 Å². The summed E-state index contributed by atoms with van der Waals surface area (Å²) in [4.78, 5) is 10.4. The topological polar surface area (TPSA) is 81.1 Å². The van der Waals surface area contributed by atoms with Crippen LogP contribution < -0.4 is 5.73 Å². The van der Waals surface area contributed by atoms with Gasteiger partial charge in [0.25, 0.3) is 0 Å². The smallest absolute Gasteiger partial charge is 0.305 e. The normalized spacial score (nSPS) is 10.7. The van der Waals surface area contributed by atoms with Gasteiger partial charge in [-0.3, -0.25) is 9.48 Å². The zero-order valence-corrected chi connectivity index (χ0v) is 8.05. The molecule has 0 fully saturated rings. The summed E-state index contributed by atoms with van der Waals surface area (Å²) >= 11 is 0. The Morgan fingerprint density at radius 2 is 2.33 bits per heavy atom. The number of nitrogens with two attached hydrogens (primary N) is 1. The predicted octanol–water partition coefficient (Wildman–Crippen LogP) is 1.09. The van der Waals surface area contributed by atoms with Gasteiger partial charge in [0.2, 0.25) is 0 Å². The van der Waals surface area contributed by atoms with E-state index in [0.717, 1.165) is 10.9 Å². The van der Waals surface area contributed by atoms with E-state index in [2.05, 4.69) is 5.10 Å². The van der Waals surface area contributed by atoms with Crippen LogP contribution in [0.5, 0.6) is 0 Å². The Labute approximate surface area is 86.1 Å². The van der Waals surface area contributed by atoms with Gasteiger partial charge in [-0.25, -0.2) is 0 Å². The summed E-state index contributed by atoms with van der Waals surface area (Å²) in [5, 5.41) is 13.7. The largest absolute Gasteiger partial charge is 0.481 e. The maximum atomic E-state index is 10.4. The molecule has 0 amide bonds. The summed E-state index contributed by atoms with van der Waals surface area (Å²) in [6.45, 7) is 0.379. The second-order valence-corrected chi connectivity index (χ2v) is 3.35. The van der Waals surface area contributed by atoms with E-state index in [-0.39, 0.29) is 6.42 Å². The van der Waals surface area contributed by atoms with Crippen molar-refractivity contribution < 1.29 is 9.90 Å². The summed E-state index contributed by atoms with van der Waals surface area (Å²) in [5.74, 6) is -0.825. The van der Waals surface area contributed by atoms with Crippen LogP contribution in [0.2, 0.25) is 0 Å². The monoisotopic (exact) mass is 205 g/mol. The van der Waals surface area contributed by atoms with Crippen molar-refractivity contribution in [1.29, 1.82) is 0 Å². The third kappa shape index (κ3) is 2.07. The van der Waals surface area contributed by atoms with Crippen LogP contribution in [0.25, 0.3) is 10.9 Å². The number of hydrogen-bond donors (Lipinski definition) is 2. The van der Waals surface area contributed by atoms with Gasteiger partial charge in [-0.1, -0.05) is 0 Å². The van der Waals surface area contributed by atoms with Gasteiger partial charge in [0.15, 0.2) is 0 Å². The molecule has 0 bridgehead atoms. The average Bonchev–Trinajstić information content (AvgIpc) is 2.56. The van der Waals surface area contributed by atoms with Gasteiger partial charge in [0.1, 0.15) is 0 Å². The molecule has 78 valence electrons. The van der Waals surface area contributed by atoms with E-state index in [9.17, 15) is 4.79 Å². The average molecular weight is 205 g/mol. The molecule has 0 saturated carbocycles. The molecule has 1 heterocycles. The highest BCUT2D eigenvalue weighted by molar-refractivity contribution is 5.81. The second-order valence-electron chi connectivity index (χ2n) is 3.35. The Balaban J connectivity index is 2.27. The van der Waals surface area contributed by atoms with Crippen LogP contribution in [0, 0.1) is 0 Å². The van der Waals surface area contributed by atoms with Crippen LogP contribution in [0.1, 0.15) is 6.42 Å². The maximum absolute atomic E-state index is 10.4. The Morgan fingerprint density at radius 3 is 3.07 bits per heavy atom. The third-order valence-electron chi connectivity index (χ3n) is 2.13. The minimum absolute atomic E-state index is 0.0729. The molecule has 0 spiro atoms. The predicted molar refractivity (Wildman–Crippen MR) is 56.4 cm³/mol. The van der Waals surface area contributed by atoms with Gasteiger partial charge in [0.05, 0.1) is 18.5 Å². The van der Waals surface area contributed by atoms with Crippen molar-refractivity contribution in [2.24, 2.45) is 0 Å². The highest BCUT2D eigenvalue weighted by atomic mass is 16.4. The van der Waals surface area contributed by atoms with Gasteiger partial charge in [-0.15, -0.1) is 0 Å². The number of aryl methyl sites for hydroxylation is 1. The summed E-state index contributed by atoms with van der Waals surface area (Å²) in [7, 11) is 0. The van der Waals surface area contributed by atoms with Crippen molar-refractivity contribution in [3.8, 4) is 0 Å². The summed E-state index contributed by atoms with van der Waals surface area (Å²) < 4.78 is 1.62. The van der Waals surface area contributed by atoms with E-state index in [1.165, 1.54) is 0 Å². The molecular weight excluding hydrogens is 194 g/mol. The number of carboxylic acids is 1. The SMILES string of the molecule is Nc1ccc2nn(CCC(=O)O)cc2c1. The number of rotatable bonds is 3. The van der Waals surface area contributed by atoms with Crippen molar-refractivity contribution in [3.05, 3.63) is 24.4 Å². The number of hydrogen-bond acceptors (Lipinski definition) is 3. The van der Waals surface area contributed by atoms with Crippen LogP contribution in [-0.2, 0) is 11.3 Å². The van der Waals surface area contributed by atoms with Gasteiger partial charge < -0.3 is 10.8 Å². The standard InChI is InChI=1S/C10H11N3O2/c11-8-1-2-9-7(5-8)6-13(12-9)4-3-10(14)15/h1-2,5-6H,3-4,11H2,(H,14,15). The lowest BCUT2D eigenvalue weighted by molar-refractivity contribution is -0.137. The number of nitrogen functional groups attached to an aromatic ring is 1. The van der Waals surface area contributed by atoms with Crippen molar-refractivity contribution in [2.45, 2.75) is 13.0 Å². The fourth-order valence-electron chi connectivity index (χ4n) is 1.42. The molecule has 1 aromatic carbocycles. The Kier molecular flexibility index (Phi) is 2.29. The minimum atomic E-state index is -0.825. The molecule has 5 nitrogen and oxygen atoms in total. The summed E-state index contributed by atoms with van der Waals surface area (Å²) in [5.41, 5.74) is 7.13. The number of carboxylic acid groups (broad SMARTS) is 1. The van der Waals surface area contributed by atoms with Crippen molar-refractivity contribution >= 4 is 22.6 Å².